The number of aryl methyl sites for hydroxylation is 1. The molecule has 0 aromatic heterocycles. The number of carbonyl (C=O) groups is 1. The average molecular weight is 562 g/mol. The van der Waals surface area contributed by atoms with Crippen molar-refractivity contribution in [3.8, 4) is 5.75 Å². The fraction of sp³-hybridized carbons (Fsp3) is 0.483. The van der Waals surface area contributed by atoms with Crippen LogP contribution >= 0.6 is 11.6 Å². The van der Waals surface area contributed by atoms with E-state index in [0.29, 0.717) is 23.8 Å². The van der Waals surface area contributed by atoms with E-state index in [1.165, 1.54) is 11.1 Å². The molecule has 2 aromatic rings. The lowest BCUT2D eigenvalue weighted by Gasteiger charge is -2.34. The molecule has 3 atom stereocenters. The van der Waals surface area contributed by atoms with Crippen molar-refractivity contribution < 1.29 is 18.8 Å². The Labute approximate surface area is 234 Å². The molecule has 3 unspecified atom stereocenters. The summed E-state index contributed by atoms with van der Waals surface area (Å²) in [6, 6.07) is 11.8. The molecule has 7 nitrogen and oxygen atoms in total. The lowest BCUT2D eigenvalue weighted by Crippen LogP contribution is -2.42. The first-order chi connectivity index (χ1) is 18.5. The molecule has 2 aromatic carbocycles. The third-order valence-corrected chi connectivity index (χ3v) is 8.72. The number of fused-ring (bicyclic) bond motifs is 3. The van der Waals surface area contributed by atoms with Crippen LogP contribution in [0.4, 0.5) is 5.69 Å². The van der Waals surface area contributed by atoms with E-state index in [1.54, 1.807) is 6.07 Å². The van der Waals surface area contributed by atoms with E-state index < -0.39 is 11.0 Å². The molecule has 1 heterocycles. The first-order valence-electron chi connectivity index (χ1n) is 13.2. The number of nitrogens with one attached hydrogen (secondary N) is 2. The van der Waals surface area contributed by atoms with Gasteiger partial charge in [0, 0.05) is 37.2 Å². The Morgan fingerprint density at radius 1 is 1.24 bits per heavy atom. The monoisotopic (exact) mass is 561 g/mol. The molecular formula is C29H40ClN3O4S. The van der Waals surface area contributed by atoms with Gasteiger partial charge in [-0.3, -0.25) is 9.52 Å². The summed E-state index contributed by atoms with van der Waals surface area (Å²) in [6.07, 6.45) is 10.1. The average Bonchev–Trinajstić information content (AvgIpc) is 3.20. The fourth-order valence-electron chi connectivity index (χ4n) is 5.43. The first-order valence-corrected chi connectivity index (χ1v) is 14.7. The number of carbonyl (C=O) groups excluding carboxylic acids is 1. The van der Waals surface area contributed by atoms with Gasteiger partial charge in [0.15, 0.2) is 11.0 Å². The van der Waals surface area contributed by atoms with Crippen molar-refractivity contribution in [2.45, 2.75) is 49.3 Å². The van der Waals surface area contributed by atoms with Crippen LogP contribution in [0.3, 0.4) is 0 Å². The Kier molecular flexibility index (Phi) is 11.6. The van der Waals surface area contributed by atoms with Gasteiger partial charge in [-0.1, -0.05) is 43.2 Å². The van der Waals surface area contributed by atoms with E-state index in [2.05, 4.69) is 46.1 Å². The predicted molar refractivity (Wildman–Crippen MR) is 155 cm³/mol. The number of hydrogen-bond acceptors (Lipinski definition) is 6. The third-order valence-electron chi connectivity index (χ3n) is 7.49. The molecule has 1 aliphatic heterocycles. The summed E-state index contributed by atoms with van der Waals surface area (Å²) in [6.45, 7) is 5.41. The molecule has 3 N–H and O–H groups in total. The Bertz CT molecular complexity index is 1130. The quantitative estimate of drug-likeness (QED) is 0.279. The van der Waals surface area contributed by atoms with Crippen molar-refractivity contribution in [1.29, 1.82) is 0 Å². The molecule has 1 spiro atoms. The van der Waals surface area contributed by atoms with Crippen LogP contribution in [0.1, 0.15) is 43.7 Å². The normalized spacial score (nSPS) is 19.6. The zero-order valence-corrected chi connectivity index (χ0v) is 24.1. The van der Waals surface area contributed by atoms with Gasteiger partial charge in [-0.2, -0.15) is 0 Å². The molecule has 0 bridgehead atoms. The second-order valence-corrected chi connectivity index (χ2v) is 11.4. The highest BCUT2D eigenvalue weighted by Crippen LogP contribution is 2.45. The number of benzene rings is 2. The molecule has 38 heavy (non-hydrogen) atoms. The summed E-state index contributed by atoms with van der Waals surface area (Å²) in [7, 11) is 1.35. The predicted octanol–water partition coefficient (Wildman–Crippen LogP) is 4.38. The van der Waals surface area contributed by atoms with Crippen molar-refractivity contribution in [1.82, 2.24) is 10.0 Å². The number of allylic oxidation sites excluding steroid dienone is 1. The van der Waals surface area contributed by atoms with Gasteiger partial charge in [0.1, 0.15) is 5.75 Å². The lowest BCUT2D eigenvalue weighted by atomic mass is 9.82. The topological polar surface area (TPSA) is 90.9 Å². The minimum Gasteiger partial charge on any atom is -0.490 e. The van der Waals surface area contributed by atoms with Gasteiger partial charge < -0.3 is 20.1 Å². The van der Waals surface area contributed by atoms with Crippen LogP contribution in [0.15, 0.2) is 53.4 Å². The number of likely N-dealkylation sites (N-methyl/N-ethyl adjacent to an activating group) is 1. The standard InChI is InChI=1S/C28H36ClN3O3S.CH4O/c1-3-21(6-4-5-14-30-2)12-15-32-18-28(13-11-22-16-23(29)7-9-25(22)28)19-35-27-10-8-24(17-26(27)32)36(34)31-20-33;1-2/h4-5,7-10,16-17,20-21,30H,3,6,11-15,18-19H2,1-2H3,(H,31,33);2H,1H3/b5-4-;. The van der Waals surface area contributed by atoms with Gasteiger partial charge in [0.2, 0.25) is 6.41 Å². The van der Waals surface area contributed by atoms with E-state index in [-0.39, 0.29) is 5.41 Å². The van der Waals surface area contributed by atoms with Crippen LogP contribution in [0.25, 0.3) is 0 Å². The summed E-state index contributed by atoms with van der Waals surface area (Å²) in [5.74, 6) is 1.37. The van der Waals surface area contributed by atoms with Gasteiger partial charge in [0.25, 0.3) is 0 Å². The number of hydrogen-bond donors (Lipinski definition) is 3. The van der Waals surface area contributed by atoms with Crippen molar-refractivity contribution in [2.75, 3.05) is 45.3 Å². The number of rotatable bonds is 11. The van der Waals surface area contributed by atoms with E-state index in [9.17, 15) is 9.00 Å². The van der Waals surface area contributed by atoms with Crippen LogP contribution in [0.2, 0.25) is 5.02 Å². The zero-order chi connectivity index (χ0) is 27.5. The van der Waals surface area contributed by atoms with Gasteiger partial charge in [-0.05, 0) is 80.1 Å². The molecule has 0 saturated carbocycles. The molecule has 2 aliphatic rings. The minimum atomic E-state index is -1.60. The van der Waals surface area contributed by atoms with Gasteiger partial charge in [0.05, 0.1) is 17.2 Å². The number of halogens is 1. The van der Waals surface area contributed by atoms with E-state index in [0.717, 1.165) is 75.3 Å². The van der Waals surface area contributed by atoms with E-state index in [1.807, 2.05) is 25.2 Å². The van der Waals surface area contributed by atoms with Crippen LogP contribution < -0.4 is 19.7 Å². The number of ether oxygens (including phenoxy) is 1. The third kappa shape index (κ3) is 7.17. The second kappa shape index (κ2) is 14.7. The number of anilines is 1. The van der Waals surface area contributed by atoms with Gasteiger partial charge in [-0.15, -0.1) is 0 Å². The Balaban J connectivity index is 0.00000195. The minimum absolute atomic E-state index is 0.131. The molecule has 9 heteroatoms. The molecule has 0 fully saturated rings. The molecule has 1 amide bonds. The first kappa shape index (κ1) is 30.2. The zero-order valence-electron chi connectivity index (χ0n) is 22.5. The van der Waals surface area contributed by atoms with E-state index in [4.69, 9.17) is 21.4 Å². The second-order valence-electron chi connectivity index (χ2n) is 9.75. The van der Waals surface area contributed by atoms with Gasteiger partial charge in [-0.25, -0.2) is 4.21 Å². The van der Waals surface area contributed by atoms with Crippen molar-refractivity contribution in [3.63, 3.8) is 0 Å². The molecule has 208 valence electrons. The maximum Gasteiger partial charge on any atom is 0.219 e. The van der Waals surface area contributed by atoms with Crippen LogP contribution in [0, 0.1) is 5.92 Å². The summed E-state index contributed by atoms with van der Waals surface area (Å²) in [5, 5.41) is 10.9. The van der Waals surface area contributed by atoms with E-state index >= 15 is 0 Å². The van der Waals surface area contributed by atoms with Gasteiger partial charge >= 0.3 is 0 Å². The number of nitrogens with zero attached hydrogens (tertiary/aromatic N) is 1. The maximum atomic E-state index is 12.5. The van der Waals surface area contributed by atoms with Crippen molar-refractivity contribution in [2.24, 2.45) is 5.92 Å². The Hall–Kier alpha value is -2.39. The Morgan fingerprint density at radius 2 is 2.05 bits per heavy atom. The fourth-order valence-corrected chi connectivity index (χ4v) is 6.26. The molecule has 0 radical (unpaired) electrons. The van der Waals surface area contributed by atoms with Crippen molar-refractivity contribution >= 4 is 34.7 Å². The smallest absolute Gasteiger partial charge is 0.219 e. The lowest BCUT2D eigenvalue weighted by molar-refractivity contribution is -0.108. The largest absolute Gasteiger partial charge is 0.490 e. The number of aliphatic hydroxyl groups excluding tert-OH is 1. The van der Waals surface area contributed by atoms with Crippen molar-refractivity contribution in [3.05, 3.63) is 64.7 Å². The van der Waals surface area contributed by atoms with Crippen LogP contribution in [0.5, 0.6) is 5.75 Å². The highest BCUT2D eigenvalue weighted by molar-refractivity contribution is 7.83. The Morgan fingerprint density at radius 3 is 2.79 bits per heavy atom. The summed E-state index contributed by atoms with van der Waals surface area (Å²) in [5.41, 5.74) is 3.43. The SMILES string of the molecule is CCC(C/C=C\CNC)CCN1CC2(CCc3cc(Cl)ccc32)COc2ccc(S(=O)NC=O)cc21.CO. The summed E-state index contributed by atoms with van der Waals surface area (Å²) in [4.78, 5) is 13.9. The van der Waals surface area contributed by atoms with Crippen LogP contribution in [-0.2, 0) is 27.6 Å². The highest BCUT2D eigenvalue weighted by Gasteiger charge is 2.43. The summed E-state index contributed by atoms with van der Waals surface area (Å²) >= 11 is 6.31. The molecule has 0 saturated heterocycles. The van der Waals surface area contributed by atoms with Crippen LogP contribution in [-0.4, -0.2) is 56.1 Å². The molecule has 1 aliphatic carbocycles. The summed E-state index contributed by atoms with van der Waals surface area (Å²) < 4.78 is 21.3. The highest BCUT2D eigenvalue weighted by atomic mass is 35.5. The molecule has 4 rings (SSSR count). The maximum absolute atomic E-state index is 12.5. The number of aliphatic hydroxyl groups is 1. The molecular weight excluding hydrogens is 522 g/mol. The number of amides is 1.